The molecule has 0 bridgehead atoms. The van der Waals surface area contributed by atoms with Crippen molar-refractivity contribution in [1.82, 2.24) is 9.55 Å². The number of hydrogen-bond acceptors (Lipinski definition) is 2. The number of amides is 1. The minimum Gasteiger partial charge on any atom is -0.345 e. The van der Waals surface area contributed by atoms with Crippen molar-refractivity contribution in [3.8, 4) is 0 Å². The molecule has 4 nitrogen and oxygen atoms in total. The molecule has 2 heterocycles. The van der Waals surface area contributed by atoms with Crippen LogP contribution < -0.4 is 5.32 Å². The molecule has 0 aromatic carbocycles. The molecular weight excluding hydrogens is 305 g/mol. The second-order valence-corrected chi connectivity index (χ2v) is 4.82. The van der Waals surface area contributed by atoms with Crippen molar-refractivity contribution in [3.63, 3.8) is 0 Å². The van der Waals surface area contributed by atoms with Crippen LogP contribution in [0.25, 0.3) is 0 Å². The van der Waals surface area contributed by atoms with Gasteiger partial charge in [-0.05, 0) is 18.2 Å². The lowest BCUT2D eigenvalue weighted by Gasteiger charge is -2.05. The van der Waals surface area contributed by atoms with Crippen molar-refractivity contribution in [2.75, 3.05) is 5.32 Å². The maximum atomic E-state index is 11.9. The van der Waals surface area contributed by atoms with Crippen LogP contribution >= 0.6 is 27.5 Å². The number of carbonyl (C=O) groups is 1. The van der Waals surface area contributed by atoms with Crippen molar-refractivity contribution in [1.29, 1.82) is 0 Å². The summed E-state index contributed by atoms with van der Waals surface area (Å²) in [5.41, 5.74) is 0.483. The Kier molecular flexibility index (Phi) is 3.49. The van der Waals surface area contributed by atoms with Crippen LogP contribution in [-0.4, -0.2) is 15.5 Å². The van der Waals surface area contributed by atoms with Gasteiger partial charge in [0.15, 0.2) is 0 Å². The second kappa shape index (κ2) is 4.89. The zero-order chi connectivity index (χ0) is 12.4. The summed E-state index contributed by atoms with van der Waals surface area (Å²) < 4.78 is 2.52. The van der Waals surface area contributed by atoms with E-state index >= 15 is 0 Å². The van der Waals surface area contributed by atoms with E-state index in [9.17, 15) is 4.79 Å². The van der Waals surface area contributed by atoms with Gasteiger partial charge in [-0.1, -0.05) is 27.5 Å². The maximum absolute atomic E-state index is 11.9. The van der Waals surface area contributed by atoms with E-state index in [0.717, 1.165) is 4.47 Å². The highest BCUT2D eigenvalue weighted by Gasteiger charge is 2.11. The molecule has 2 rings (SSSR count). The smallest absolute Gasteiger partial charge is 0.273 e. The van der Waals surface area contributed by atoms with Gasteiger partial charge < -0.3 is 9.88 Å². The standard InChI is InChI=1S/C11H9BrClN3O/c1-16-6-8(13)5-9(16)11(17)15-10-4-7(12)2-3-14-10/h2-6H,1H3,(H,14,15,17). The van der Waals surface area contributed by atoms with Gasteiger partial charge in [0.05, 0.1) is 5.02 Å². The van der Waals surface area contributed by atoms with E-state index in [2.05, 4.69) is 26.2 Å². The van der Waals surface area contributed by atoms with Gasteiger partial charge in [0.25, 0.3) is 5.91 Å². The molecule has 0 aliphatic carbocycles. The summed E-state index contributed by atoms with van der Waals surface area (Å²) in [4.78, 5) is 16.0. The fraction of sp³-hybridized carbons (Fsp3) is 0.0909. The maximum Gasteiger partial charge on any atom is 0.273 e. The van der Waals surface area contributed by atoms with Gasteiger partial charge in [0, 0.05) is 23.9 Å². The lowest BCUT2D eigenvalue weighted by atomic mass is 10.4. The number of pyridine rings is 1. The summed E-state index contributed by atoms with van der Waals surface area (Å²) >= 11 is 9.12. The van der Waals surface area contributed by atoms with Crippen LogP contribution in [0.2, 0.25) is 5.02 Å². The summed E-state index contributed by atoms with van der Waals surface area (Å²) in [5, 5.41) is 3.22. The first-order valence-electron chi connectivity index (χ1n) is 4.81. The number of hydrogen-bond donors (Lipinski definition) is 1. The first-order chi connectivity index (χ1) is 8.06. The van der Waals surface area contributed by atoms with E-state index in [-0.39, 0.29) is 5.91 Å². The predicted octanol–water partition coefficient (Wildman–Crippen LogP) is 3.09. The average Bonchev–Trinajstić information content (AvgIpc) is 2.58. The Hall–Kier alpha value is -1.33. The van der Waals surface area contributed by atoms with Gasteiger partial charge in [-0.2, -0.15) is 0 Å². The molecule has 0 radical (unpaired) electrons. The minimum absolute atomic E-state index is 0.245. The molecule has 88 valence electrons. The molecular formula is C11H9BrClN3O. The Bertz CT molecular complexity index is 568. The normalized spacial score (nSPS) is 10.3. The monoisotopic (exact) mass is 313 g/mol. The van der Waals surface area contributed by atoms with Crippen LogP contribution in [-0.2, 0) is 7.05 Å². The van der Waals surface area contributed by atoms with E-state index in [1.165, 1.54) is 0 Å². The molecule has 0 spiro atoms. The van der Waals surface area contributed by atoms with Crippen molar-refractivity contribution in [2.24, 2.45) is 7.05 Å². The van der Waals surface area contributed by atoms with Crippen LogP contribution in [0.15, 0.2) is 35.1 Å². The largest absolute Gasteiger partial charge is 0.345 e. The van der Waals surface area contributed by atoms with Crippen molar-refractivity contribution in [2.45, 2.75) is 0 Å². The number of nitrogens with one attached hydrogen (secondary N) is 1. The molecule has 17 heavy (non-hydrogen) atoms. The number of rotatable bonds is 2. The van der Waals surface area contributed by atoms with Crippen molar-refractivity contribution < 1.29 is 4.79 Å². The van der Waals surface area contributed by atoms with E-state index in [4.69, 9.17) is 11.6 Å². The topological polar surface area (TPSA) is 46.9 Å². The van der Waals surface area contributed by atoms with Crippen molar-refractivity contribution in [3.05, 3.63) is 45.8 Å². The molecule has 1 amide bonds. The van der Waals surface area contributed by atoms with Crippen LogP contribution in [0.5, 0.6) is 0 Å². The van der Waals surface area contributed by atoms with Gasteiger partial charge in [-0.15, -0.1) is 0 Å². The Labute approximate surface area is 112 Å². The molecule has 0 aliphatic heterocycles. The van der Waals surface area contributed by atoms with Crippen molar-refractivity contribution >= 4 is 39.3 Å². The van der Waals surface area contributed by atoms with E-state index < -0.39 is 0 Å². The zero-order valence-corrected chi connectivity index (χ0v) is 11.3. The van der Waals surface area contributed by atoms with Crippen LogP contribution in [0.3, 0.4) is 0 Å². The van der Waals surface area contributed by atoms with E-state index in [0.29, 0.717) is 16.5 Å². The molecule has 0 aliphatic rings. The van der Waals surface area contributed by atoms with Gasteiger partial charge in [-0.25, -0.2) is 4.98 Å². The summed E-state index contributed by atoms with van der Waals surface area (Å²) in [7, 11) is 1.76. The first kappa shape index (κ1) is 12.1. The number of aromatic nitrogens is 2. The Balaban J connectivity index is 2.20. The molecule has 0 unspecified atom stereocenters. The Morgan fingerprint density at radius 2 is 2.29 bits per heavy atom. The Morgan fingerprint density at radius 1 is 1.53 bits per heavy atom. The SMILES string of the molecule is Cn1cc(Cl)cc1C(=O)Nc1cc(Br)ccn1. The fourth-order valence-electron chi connectivity index (χ4n) is 1.40. The Morgan fingerprint density at radius 3 is 2.88 bits per heavy atom. The van der Waals surface area contributed by atoms with Gasteiger partial charge in [-0.3, -0.25) is 4.79 Å². The van der Waals surface area contributed by atoms with Gasteiger partial charge >= 0.3 is 0 Å². The first-order valence-corrected chi connectivity index (χ1v) is 5.98. The summed E-state index contributed by atoms with van der Waals surface area (Å²) in [6.45, 7) is 0. The molecule has 6 heteroatoms. The van der Waals surface area contributed by atoms with Gasteiger partial charge in [0.2, 0.25) is 0 Å². The molecule has 0 fully saturated rings. The number of carbonyl (C=O) groups excluding carboxylic acids is 1. The fourth-order valence-corrected chi connectivity index (χ4v) is 1.99. The number of aryl methyl sites for hydroxylation is 1. The average molecular weight is 315 g/mol. The molecule has 0 saturated heterocycles. The van der Waals surface area contributed by atoms with Crippen LogP contribution in [0, 0.1) is 0 Å². The molecule has 2 aromatic rings. The minimum atomic E-state index is -0.245. The zero-order valence-electron chi connectivity index (χ0n) is 8.95. The lowest BCUT2D eigenvalue weighted by Crippen LogP contribution is -2.16. The van der Waals surface area contributed by atoms with E-state index in [1.807, 2.05) is 0 Å². The molecule has 2 aromatic heterocycles. The highest BCUT2D eigenvalue weighted by Crippen LogP contribution is 2.16. The summed E-state index contributed by atoms with van der Waals surface area (Å²) in [5.74, 6) is 0.242. The number of nitrogens with zero attached hydrogens (tertiary/aromatic N) is 2. The molecule has 1 N–H and O–H groups in total. The second-order valence-electron chi connectivity index (χ2n) is 3.47. The molecule has 0 atom stereocenters. The summed E-state index contributed by atoms with van der Waals surface area (Å²) in [6, 6.07) is 5.12. The van der Waals surface area contributed by atoms with E-state index in [1.54, 1.807) is 42.2 Å². The van der Waals surface area contributed by atoms with Crippen LogP contribution in [0.1, 0.15) is 10.5 Å². The highest BCUT2D eigenvalue weighted by atomic mass is 79.9. The van der Waals surface area contributed by atoms with Gasteiger partial charge in [0.1, 0.15) is 11.5 Å². The third kappa shape index (κ3) is 2.87. The quantitative estimate of drug-likeness (QED) is 0.926. The summed E-state index contributed by atoms with van der Waals surface area (Å²) in [6.07, 6.45) is 3.28. The predicted molar refractivity (Wildman–Crippen MR) is 70.3 cm³/mol. The lowest BCUT2D eigenvalue weighted by molar-refractivity contribution is 0.101. The highest BCUT2D eigenvalue weighted by molar-refractivity contribution is 9.10. The van der Waals surface area contributed by atoms with Crippen LogP contribution in [0.4, 0.5) is 5.82 Å². The number of halogens is 2. The molecule has 0 saturated carbocycles. The third-order valence-corrected chi connectivity index (χ3v) is 2.87. The number of anilines is 1. The third-order valence-electron chi connectivity index (χ3n) is 2.17.